The molecule has 0 bridgehead atoms. The van der Waals surface area contributed by atoms with Gasteiger partial charge in [0.05, 0.1) is 23.8 Å². The number of anilines is 1. The van der Waals surface area contributed by atoms with E-state index in [2.05, 4.69) is 10.1 Å². The van der Waals surface area contributed by atoms with Crippen molar-refractivity contribution in [3.8, 4) is 11.5 Å². The zero-order valence-corrected chi connectivity index (χ0v) is 19.4. The predicted octanol–water partition coefficient (Wildman–Crippen LogP) is 3.61. The predicted molar refractivity (Wildman–Crippen MR) is 115 cm³/mol. The summed E-state index contributed by atoms with van der Waals surface area (Å²) in [6, 6.07) is 2.20. The number of nitrogens with zero attached hydrogens (tertiary/aromatic N) is 1. The number of ether oxygens (including phenoxy) is 2. The molecule has 1 N–H and O–H groups in total. The average molecular weight is 519 g/mol. The van der Waals surface area contributed by atoms with Gasteiger partial charge >= 0.3 is 6.36 Å². The van der Waals surface area contributed by atoms with E-state index in [9.17, 15) is 36.3 Å². The average Bonchev–Trinajstić information content (AvgIpc) is 3.23. The summed E-state index contributed by atoms with van der Waals surface area (Å²) in [7, 11) is 0. The zero-order valence-electron chi connectivity index (χ0n) is 17.8. The lowest BCUT2D eigenvalue weighted by Gasteiger charge is -2.28. The van der Waals surface area contributed by atoms with Gasteiger partial charge in [0.25, 0.3) is 11.8 Å². The summed E-state index contributed by atoms with van der Waals surface area (Å²) in [6.45, 7) is 2.76. The number of carbonyl (C=O) groups excluding carboxylic acids is 3. The molecule has 0 fully saturated rings. The van der Waals surface area contributed by atoms with E-state index >= 15 is 0 Å². The van der Waals surface area contributed by atoms with Crippen molar-refractivity contribution in [3.63, 3.8) is 0 Å². The van der Waals surface area contributed by atoms with Gasteiger partial charge in [-0.25, -0.2) is 0 Å². The first-order chi connectivity index (χ1) is 15.9. The molecular weight excluding hydrogens is 501 g/mol. The van der Waals surface area contributed by atoms with E-state index in [0.717, 1.165) is 22.3 Å². The number of hydrogen-bond acceptors (Lipinski definition) is 8. The molecule has 1 unspecified atom stereocenters. The van der Waals surface area contributed by atoms with Crippen molar-refractivity contribution in [1.82, 2.24) is 4.90 Å². The molecule has 2 heterocycles. The number of hydrogen-bond donors (Lipinski definition) is 1. The summed E-state index contributed by atoms with van der Waals surface area (Å²) < 4.78 is 69.9. The van der Waals surface area contributed by atoms with Crippen molar-refractivity contribution in [2.24, 2.45) is 0 Å². The third kappa shape index (κ3) is 5.56. The quantitative estimate of drug-likeness (QED) is 0.396. The Kier molecular flexibility index (Phi) is 7.63. The summed E-state index contributed by atoms with van der Waals surface area (Å²) >= 11 is -1.53. The van der Waals surface area contributed by atoms with Crippen molar-refractivity contribution in [1.29, 1.82) is 0 Å². The van der Waals surface area contributed by atoms with Gasteiger partial charge in [0.15, 0.2) is 11.5 Å². The number of amides is 3. The Morgan fingerprint density at radius 1 is 1.26 bits per heavy atom. The highest BCUT2D eigenvalue weighted by Gasteiger charge is 2.43. The third-order valence-electron chi connectivity index (χ3n) is 4.71. The fourth-order valence-electron chi connectivity index (χ4n) is 3.47. The van der Waals surface area contributed by atoms with E-state index in [0.29, 0.717) is 0 Å². The van der Waals surface area contributed by atoms with Gasteiger partial charge in [-0.1, -0.05) is 17.1 Å². The van der Waals surface area contributed by atoms with Gasteiger partial charge in [-0.3, -0.25) is 23.5 Å². The van der Waals surface area contributed by atoms with Crippen molar-refractivity contribution in [2.45, 2.75) is 32.7 Å². The van der Waals surface area contributed by atoms with Gasteiger partial charge in [0, 0.05) is 18.1 Å². The molecule has 0 spiro atoms. The number of rotatable bonds is 9. The molecule has 2 aromatic rings. The molecule has 34 heavy (non-hydrogen) atoms. The molecule has 0 saturated carbocycles. The smallest absolute Gasteiger partial charge is 0.573 e. The van der Waals surface area contributed by atoms with Crippen molar-refractivity contribution >= 4 is 45.1 Å². The van der Waals surface area contributed by atoms with E-state index in [1.54, 1.807) is 0 Å². The first-order valence-electron chi connectivity index (χ1n) is 9.78. The summed E-state index contributed by atoms with van der Waals surface area (Å²) in [5.74, 6) is -3.29. The first kappa shape index (κ1) is 25.6. The normalized spacial score (nSPS) is 15.2. The van der Waals surface area contributed by atoms with Gasteiger partial charge < -0.3 is 19.3 Å². The van der Waals surface area contributed by atoms with Crippen LogP contribution in [0.5, 0.6) is 11.5 Å². The van der Waals surface area contributed by atoms with Crippen LogP contribution in [0.1, 0.15) is 52.6 Å². The fraction of sp³-hybridized carbons (Fsp3) is 0.350. The van der Waals surface area contributed by atoms with Gasteiger partial charge in [-0.2, -0.15) is 0 Å². The highest BCUT2D eigenvalue weighted by molar-refractivity contribution is 7.79. The van der Waals surface area contributed by atoms with Crippen LogP contribution in [-0.4, -0.2) is 50.1 Å². The topological polar surface area (TPSA) is 125 Å². The van der Waals surface area contributed by atoms with Crippen LogP contribution in [0.15, 0.2) is 23.6 Å². The minimum atomic E-state index is -4.98. The monoisotopic (exact) mass is 519 g/mol. The lowest BCUT2D eigenvalue weighted by atomic mass is 10.0. The summed E-state index contributed by atoms with van der Waals surface area (Å²) in [5, 5.41) is 4.04. The SMILES string of the molecule is CCOc1cc([C@@H](CCS(=O)[O-])N2C(=O)c3csc(NC(C)=O)c3C2=O)ccc1OC(F)(F)F. The molecule has 0 radical (unpaired) electrons. The Balaban J connectivity index is 2.04. The number of benzene rings is 1. The van der Waals surface area contributed by atoms with Crippen LogP contribution in [0.4, 0.5) is 18.2 Å². The number of thiophene rings is 1. The standard InChI is InChI=1S/C20H19F3N2O7S2/c1-3-31-15-8-11(4-5-14(15)32-20(21,22)23)13(6-7-34(29)30)25-18(27)12-9-33-17(24-10(2)26)16(12)19(25)28/h4-5,8-9,13H,3,6-7H2,1-2H3,(H,24,26)(H,29,30)/p-1/t13-/m1/s1. The third-order valence-corrected chi connectivity index (χ3v) is 6.17. The van der Waals surface area contributed by atoms with Crippen molar-refractivity contribution < 1.29 is 45.8 Å². The lowest BCUT2D eigenvalue weighted by molar-refractivity contribution is -0.275. The second-order valence-corrected chi connectivity index (χ2v) is 8.91. The van der Waals surface area contributed by atoms with Crippen LogP contribution in [0.25, 0.3) is 0 Å². The first-order valence-corrected chi connectivity index (χ1v) is 11.9. The number of fused-ring (bicyclic) bond motifs is 1. The molecule has 0 saturated heterocycles. The largest absolute Gasteiger partial charge is 0.772 e. The van der Waals surface area contributed by atoms with Gasteiger partial charge in [-0.15, -0.1) is 24.5 Å². The molecule has 1 aliphatic heterocycles. The number of alkyl halides is 3. The number of nitrogens with one attached hydrogen (secondary N) is 1. The number of halogens is 3. The van der Waals surface area contributed by atoms with Gasteiger partial charge in [0.2, 0.25) is 5.91 Å². The maximum Gasteiger partial charge on any atom is 0.573 e. The van der Waals surface area contributed by atoms with Crippen LogP contribution in [0, 0.1) is 0 Å². The van der Waals surface area contributed by atoms with Crippen LogP contribution in [0.3, 0.4) is 0 Å². The maximum absolute atomic E-state index is 13.2. The Bertz CT molecular complexity index is 1150. The van der Waals surface area contributed by atoms with Crippen LogP contribution >= 0.6 is 11.3 Å². The molecule has 14 heteroatoms. The molecule has 2 atom stereocenters. The molecule has 1 aromatic carbocycles. The minimum Gasteiger partial charge on any atom is -0.772 e. The highest BCUT2D eigenvalue weighted by atomic mass is 32.2. The Morgan fingerprint density at radius 3 is 2.56 bits per heavy atom. The van der Waals surface area contributed by atoms with Crippen LogP contribution in [-0.2, 0) is 15.9 Å². The maximum atomic E-state index is 13.2. The number of carbonyl (C=O) groups is 3. The van der Waals surface area contributed by atoms with Crippen LogP contribution < -0.4 is 14.8 Å². The van der Waals surface area contributed by atoms with Crippen molar-refractivity contribution in [2.75, 3.05) is 17.7 Å². The van der Waals surface area contributed by atoms with E-state index in [1.807, 2.05) is 0 Å². The summed E-state index contributed by atoms with van der Waals surface area (Å²) in [5.41, 5.74) is 0.176. The molecule has 184 valence electrons. The molecule has 1 aliphatic rings. The summed E-state index contributed by atoms with van der Waals surface area (Å²) in [4.78, 5) is 38.6. The second-order valence-electron chi connectivity index (χ2n) is 7.01. The van der Waals surface area contributed by atoms with Crippen LogP contribution in [0.2, 0.25) is 0 Å². The Hall–Kier alpha value is -2.97. The molecule has 3 rings (SSSR count). The molecule has 3 amide bonds. The van der Waals surface area contributed by atoms with Gasteiger partial charge in [-0.05, 0) is 31.0 Å². The lowest BCUT2D eigenvalue weighted by Crippen LogP contribution is -2.35. The van der Waals surface area contributed by atoms with E-state index in [-0.39, 0.29) is 40.5 Å². The van der Waals surface area contributed by atoms with E-state index < -0.39 is 52.7 Å². The second kappa shape index (κ2) is 10.1. The Labute approximate surface area is 198 Å². The molecule has 9 nitrogen and oxygen atoms in total. The fourth-order valence-corrected chi connectivity index (χ4v) is 4.85. The highest BCUT2D eigenvalue weighted by Crippen LogP contribution is 2.42. The molecule has 0 aliphatic carbocycles. The molecular formula is C20H18F3N2O7S2-. The minimum absolute atomic E-state index is 0.00837. The number of imide groups is 1. The van der Waals surface area contributed by atoms with Gasteiger partial charge in [0.1, 0.15) is 5.00 Å². The van der Waals surface area contributed by atoms with E-state index in [1.165, 1.54) is 31.4 Å². The Morgan fingerprint density at radius 2 is 1.97 bits per heavy atom. The summed E-state index contributed by atoms with van der Waals surface area (Å²) in [6.07, 6.45) is -5.21. The van der Waals surface area contributed by atoms with E-state index in [4.69, 9.17) is 4.74 Å². The zero-order chi connectivity index (χ0) is 25.2. The molecule has 1 aromatic heterocycles. The van der Waals surface area contributed by atoms with Crippen molar-refractivity contribution in [3.05, 3.63) is 40.3 Å².